The summed E-state index contributed by atoms with van der Waals surface area (Å²) >= 11 is 0. The topological polar surface area (TPSA) is 87.0 Å². The molecule has 6 heteroatoms. The summed E-state index contributed by atoms with van der Waals surface area (Å²) in [6, 6.07) is 0. The van der Waals surface area contributed by atoms with E-state index in [0.29, 0.717) is 0 Å². The first-order chi connectivity index (χ1) is 20.1. The molecule has 0 rings (SSSR count). The molecule has 42 heavy (non-hydrogen) atoms. The Morgan fingerprint density at radius 1 is 0.381 bits per heavy atom. The summed E-state index contributed by atoms with van der Waals surface area (Å²) in [4.78, 5) is 21.6. The van der Waals surface area contributed by atoms with Gasteiger partial charge >= 0.3 is 7.82 Å². The van der Waals surface area contributed by atoms with Crippen molar-refractivity contribution in [2.75, 3.05) is 13.2 Å². The number of hydrogen-bond donors (Lipinski definition) is 3. The van der Waals surface area contributed by atoms with Crippen molar-refractivity contribution in [1.29, 1.82) is 0 Å². The van der Waals surface area contributed by atoms with E-state index in [1.807, 2.05) is 0 Å². The van der Waals surface area contributed by atoms with Crippen LogP contribution < -0.4 is 0 Å². The zero-order valence-electron chi connectivity index (χ0n) is 29.0. The first-order valence-corrected chi connectivity index (χ1v) is 20.1. The lowest BCUT2D eigenvalue weighted by atomic mass is 10.0. The molecule has 0 fully saturated rings. The van der Waals surface area contributed by atoms with Gasteiger partial charge in [0.1, 0.15) is 0 Å². The first-order valence-electron chi connectivity index (χ1n) is 18.5. The fourth-order valence-corrected chi connectivity index (χ4v) is 5.50. The van der Waals surface area contributed by atoms with Crippen molar-refractivity contribution in [2.24, 2.45) is 11.8 Å². The van der Waals surface area contributed by atoms with Crippen LogP contribution in [0.1, 0.15) is 207 Å². The maximum atomic E-state index is 8.88. The molecule has 0 aromatic heterocycles. The zero-order valence-corrected chi connectivity index (χ0v) is 29.9. The fourth-order valence-electron chi connectivity index (χ4n) is 5.50. The predicted molar refractivity (Wildman–Crippen MR) is 184 cm³/mol. The molecule has 0 saturated heterocycles. The van der Waals surface area contributed by atoms with E-state index in [-0.39, 0.29) is 0 Å². The summed E-state index contributed by atoms with van der Waals surface area (Å²) in [5.41, 5.74) is 0. The third-order valence-corrected chi connectivity index (χ3v) is 8.14. The van der Waals surface area contributed by atoms with Crippen LogP contribution in [0, 0.1) is 11.8 Å². The molecule has 0 aliphatic carbocycles. The van der Waals surface area contributed by atoms with Crippen LogP contribution in [0.5, 0.6) is 0 Å². The Morgan fingerprint density at radius 3 is 0.738 bits per heavy atom. The van der Waals surface area contributed by atoms with E-state index in [9.17, 15) is 0 Å². The Morgan fingerprint density at radius 2 is 0.548 bits per heavy atom. The summed E-state index contributed by atoms with van der Waals surface area (Å²) in [6.07, 6.45) is 40.2. The van der Waals surface area contributed by atoms with Gasteiger partial charge in [0.25, 0.3) is 0 Å². The molecule has 0 unspecified atom stereocenters. The second kappa shape index (κ2) is 35.5. The van der Waals surface area contributed by atoms with Crippen LogP contribution in [-0.4, -0.2) is 27.9 Å². The monoisotopic (exact) mass is 621 g/mol. The van der Waals surface area contributed by atoms with Crippen molar-refractivity contribution in [3.05, 3.63) is 0 Å². The van der Waals surface area contributed by atoms with Gasteiger partial charge in [0, 0.05) is 13.2 Å². The Balaban J connectivity index is 0. The van der Waals surface area contributed by atoms with Crippen LogP contribution in [0.3, 0.4) is 0 Å². The summed E-state index contributed by atoms with van der Waals surface area (Å²) in [7, 11) is -4.64. The molecular weight excluding hydrogens is 543 g/mol. The molecule has 0 aromatic carbocycles. The van der Waals surface area contributed by atoms with Crippen molar-refractivity contribution >= 4 is 7.82 Å². The minimum Gasteiger partial charge on any atom is -0.381 e. The molecule has 3 N–H and O–H groups in total. The Bertz CT molecular complexity index is 491. The van der Waals surface area contributed by atoms with Crippen molar-refractivity contribution in [3.8, 4) is 0 Å². The third-order valence-electron chi connectivity index (χ3n) is 8.14. The third kappa shape index (κ3) is 52.7. The summed E-state index contributed by atoms with van der Waals surface area (Å²) in [5.74, 6) is 1.78. The second-order valence-electron chi connectivity index (χ2n) is 13.7. The average molecular weight is 621 g/mol. The summed E-state index contributed by atoms with van der Waals surface area (Å²) < 4.78 is 14.8. The number of rotatable bonds is 32. The normalized spacial score (nSPS) is 11.8. The van der Waals surface area contributed by atoms with Crippen LogP contribution in [-0.2, 0) is 9.30 Å². The van der Waals surface area contributed by atoms with Crippen LogP contribution in [0.4, 0.5) is 0 Å². The molecule has 0 spiro atoms. The second-order valence-corrected chi connectivity index (χ2v) is 14.7. The highest BCUT2D eigenvalue weighted by Crippen LogP contribution is 2.25. The van der Waals surface area contributed by atoms with Gasteiger partial charge in [-0.15, -0.1) is 0 Å². The number of phosphoric acid groups is 1. The first kappa shape index (κ1) is 44.2. The summed E-state index contributed by atoms with van der Waals surface area (Å²) in [5, 5.41) is 0. The molecule has 0 atom stereocenters. The van der Waals surface area contributed by atoms with Gasteiger partial charge in [-0.25, -0.2) is 4.57 Å². The lowest BCUT2D eigenvalue weighted by Gasteiger charge is -2.06. The van der Waals surface area contributed by atoms with Crippen molar-refractivity contribution < 1.29 is 24.0 Å². The zero-order chi connectivity index (χ0) is 31.6. The highest BCUT2D eigenvalue weighted by Gasteiger charge is 2.00. The van der Waals surface area contributed by atoms with Gasteiger partial charge in [-0.1, -0.05) is 195 Å². The fraction of sp³-hybridized carbons (Fsp3) is 1.00. The van der Waals surface area contributed by atoms with E-state index in [2.05, 4.69) is 27.7 Å². The largest absolute Gasteiger partial charge is 0.466 e. The Labute approximate surface area is 264 Å². The lowest BCUT2D eigenvalue weighted by Crippen LogP contribution is -1.97. The standard InChI is InChI=1S/C36H74O.H3O4P/c1-35(2)31-27-23-19-15-11-7-5-9-13-17-21-25-29-33-37-34-30-26-22-18-14-10-6-8-12-16-20-24-28-32-36(3)4;1-5(2,3)4/h35-36H,5-34H2,1-4H3;(H3,1,2,3,4). The molecule has 0 radical (unpaired) electrons. The van der Waals surface area contributed by atoms with Crippen LogP contribution >= 0.6 is 7.82 Å². The van der Waals surface area contributed by atoms with Crippen molar-refractivity contribution in [2.45, 2.75) is 207 Å². The SMILES string of the molecule is CC(C)CCCCCCCCCCCCCCCOCCCCCCCCCCCCCCCC(C)C.O=P(O)(O)O. The van der Waals surface area contributed by atoms with Gasteiger partial charge in [0.15, 0.2) is 0 Å². The Kier molecular flexibility index (Phi) is 37.4. The molecule has 0 bridgehead atoms. The van der Waals surface area contributed by atoms with Crippen molar-refractivity contribution in [3.63, 3.8) is 0 Å². The van der Waals surface area contributed by atoms with Gasteiger partial charge < -0.3 is 19.4 Å². The van der Waals surface area contributed by atoms with Crippen LogP contribution in [0.15, 0.2) is 0 Å². The van der Waals surface area contributed by atoms with Crippen LogP contribution in [0.2, 0.25) is 0 Å². The minimum atomic E-state index is -4.64. The van der Waals surface area contributed by atoms with E-state index in [1.165, 1.54) is 180 Å². The smallest absolute Gasteiger partial charge is 0.381 e. The maximum absolute atomic E-state index is 8.88. The van der Waals surface area contributed by atoms with E-state index >= 15 is 0 Å². The molecule has 0 amide bonds. The number of ether oxygens (including phenoxy) is 1. The molecule has 0 aromatic rings. The van der Waals surface area contributed by atoms with Gasteiger partial charge in [-0.05, 0) is 24.7 Å². The highest BCUT2D eigenvalue weighted by atomic mass is 31.2. The summed E-state index contributed by atoms with van der Waals surface area (Å²) in [6.45, 7) is 11.4. The molecule has 0 heterocycles. The van der Waals surface area contributed by atoms with Crippen LogP contribution in [0.25, 0.3) is 0 Å². The van der Waals surface area contributed by atoms with E-state index in [1.54, 1.807) is 0 Å². The minimum absolute atomic E-state index is 0.890. The number of unbranched alkanes of at least 4 members (excludes halogenated alkanes) is 24. The van der Waals surface area contributed by atoms with E-state index in [4.69, 9.17) is 24.0 Å². The molecule has 0 saturated carbocycles. The van der Waals surface area contributed by atoms with Gasteiger partial charge in [-0.3, -0.25) is 0 Å². The number of hydrogen-bond acceptors (Lipinski definition) is 2. The Hall–Kier alpha value is 0.0700. The maximum Gasteiger partial charge on any atom is 0.466 e. The van der Waals surface area contributed by atoms with E-state index < -0.39 is 7.82 Å². The average Bonchev–Trinajstić information content (AvgIpc) is 2.90. The molecule has 5 nitrogen and oxygen atoms in total. The van der Waals surface area contributed by atoms with Crippen molar-refractivity contribution in [1.82, 2.24) is 0 Å². The quantitative estimate of drug-likeness (QED) is 0.0514. The lowest BCUT2D eigenvalue weighted by molar-refractivity contribution is 0.125. The molecule has 0 aliphatic heterocycles. The van der Waals surface area contributed by atoms with Gasteiger partial charge in [0.05, 0.1) is 0 Å². The highest BCUT2D eigenvalue weighted by molar-refractivity contribution is 7.45. The van der Waals surface area contributed by atoms with E-state index in [0.717, 1.165) is 25.0 Å². The molecule has 256 valence electrons. The molecule has 0 aliphatic rings. The molecular formula is C36H77O5P. The van der Waals surface area contributed by atoms with Gasteiger partial charge in [0.2, 0.25) is 0 Å². The predicted octanol–water partition coefficient (Wildman–Crippen LogP) is 12.3. The van der Waals surface area contributed by atoms with Gasteiger partial charge in [-0.2, -0.15) is 0 Å².